The van der Waals surface area contributed by atoms with Crippen LogP contribution in [0.15, 0.2) is 24.3 Å². The van der Waals surface area contributed by atoms with E-state index < -0.39 is 0 Å². The molecule has 0 unspecified atom stereocenters. The predicted molar refractivity (Wildman–Crippen MR) is 75.4 cm³/mol. The number of aromatic nitrogens is 3. The lowest BCUT2D eigenvalue weighted by molar-refractivity contribution is 0.415. The summed E-state index contributed by atoms with van der Waals surface area (Å²) in [5, 5.41) is 2.99. The third kappa shape index (κ3) is 3.03. The van der Waals surface area contributed by atoms with Gasteiger partial charge in [-0.25, -0.2) is 0 Å². The van der Waals surface area contributed by atoms with E-state index in [-0.39, 0.29) is 5.28 Å². The van der Waals surface area contributed by atoms with Crippen molar-refractivity contribution >= 4 is 29.2 Å². The van der Waals surface area contributed by atoms with Crippen molar-refractivity contribution in [1.29, 1.82) is 0 Å². The van der Waals surface area contributed by atoms with E-state index in [0.29, 0.717) is 11.9 Å². The summed E-state index contributed by atoms with van der Waals surface area (Å²) in [6.45, 7) is 0. The molecule has 0 spiro atoms. The molecule has 7 heteroatoms. The monoisotopic (exact) mass is 279 g/mol. The van der Waals surface area contributed by atoms with Crippen LogP contribution in [0.4, 0.5) is 17.6 Å². The van der Waals surface area contributed by atoms with E-state index in [9.17, 15) is 0 Å². The summed E-state index contributed by atoms with van der Waals surface area (Å²) in [6.07, 6.45) is 0. The number of nitrogens with one attached hydrogen (secondary N) is 1. The van der Waals surface area contributed by atoms with Gasteiger partial charge in [-0.2, -0.15) is 15.0 Å². The van der Waals surface area contributed by atoms with Crippen LogP contribution in [0.1, 0.15) is 0 Å². The van der Waals surface area contributed by atoms with Gasteiger partial charge in [-0.15, -0.1) is 0 Å². The lowest BCUT2D eigenvalue weighted by Crippen LogP contribution is -2.14. The molecule has 0 amide bonds. The standard InChI is InChI=1S/C12H14ClN5O/c1-14-11-15-10(13)16-12(17-11)18(2)8-4-6-9(19-3)7-5-8/h4-7H,1-3H3,(H,14,15,16,17). The second-order valence-corrected chi connectivity index (χ2v) is 4.07. The molecule has 0 saturated heterocycles. The van der Waals surface area contributed by atoms with Crippen molar-refractivity contribution in [3.8, 4) is 5.75 Å². The number of methoxy groups -OCH3 is 1. The van der Waals surface area contributed by atoms with Gasteiger partial charge in [-0.1, -0.05) is 0 Å². The number of halogens is 1. The number of nitrogens with zero attached hydrogens (tertiary/aromatic N) is 4. The summed E-state index contributed by atoms with van der Waals surface area (Å²) < 4.78 is 5.12. The van der Waals surface area contributed by atoms with E-state index in [2.05, 4.69) is 20.3 Å². The van der Waals surface area contributed by atoms with Crippen LogP contribution < -0.4 is 15.0 Å². The predicted octanol–water partition coefficient (Wildman–Crippen LogP) is 2.34. The van der Waals surface area contributed by atoms with E-state index >= 15 is 0 Å². The average Bonchev–Trinajstić information content (AvgIpc) is 2.46. The molecular weight excluding hydrogens is 266 g/mol. The molecule has 1 aromatic carbocycles. The van der Waals surface area contributed by atoms with Crippen LogP contribution in [0.2, 0.25) is 5.28 Å². The molecule has 1 heterocycles. The summed E-state index contributed by atoms with van der Waals surface area (Å²) in [7, 11) is 5.21. The lowest BCUT2D eigenvalue weighted by Gasteiger charge is -2.17. The quantitative estimate of drug-likeness (QED) is 0.927. The van der Waals surface area contributed by atoms with Gasteiger partial charge in [0, 0.05) is 19.8 Å². The summed E-state index contributed by atoms with van der Waals surface area (Å²) in [4.78, 5) is 14.1. The molecule has 0 aliphatic rings. The van der Waals surface area contributed by atoms with Crippen molar-refractivity contribution < 1.29 is 4.74 Å². The number of ether oxygens (including phenoxy) is 1. The van der Waals surface area contributed by atoms with Gasteiger partial charge in [0.15, 0.2) is 0 Å². The van der Waals surface area contributed by atoms with Gasteiger partial charge in [-0.05, 0) is 35.9 Å². The van der Waals surface area contributed by atoms with Crippen LogP contribution in [-0.2, 0) is 0 Å². The van der Waals surface area contributed by atoms with Crippen molar-refractivity contribution in [2.24, 2.45) is 0 Å². The zero-order valence-corrected chi connectivity index (χ0v) is 11.6. The number of anilines is 3. The Hall–Kier alpha value is -2.08. The Morgan fingerprint density at radius 2 is 1.84 bits per heavy atom. The highest BCUT2D eigenvalue weighted by Crippen LogP contribution is 2.24. The number of benzene rings is 1. The minimum absolute atomic E-state index is 0.148. The number of hydrogen-bond donors (Lipinski definition) is 1. The van der Waals surface area contributed by atoms with E-state index in [0.717, 1.165) is 11.4 Å². The van der Waals surface area contributed by atoms with E-state index in [1.54, 1.807) is 14.2 Å². The van der Waals surface area contributed by atoms with Crippen molar-refractivity contribution in [3.05, 3.63) is 29.5 Å². The van der Waals surface area contributed by atoms with E-state index in [1.165, 1.54) is 0 Å². The van der Waals surface area contributed by atoms with E-state index in [4.69, 9.17) is 16.3 Å². The Morgan fingerprint density at radius 1 is 1.16 bits per heavy atom. The third-order valence-corrected chi connectivity index (χ3v) is 2.75. The molecule has 0 atom stereocenters. The third-order valence-electron chi connectivity index (χ3n) is 2.58. The highest BCUT2D eigenvalue weighted by molar-refractivity contribution is 6.28. The van der Waals surface area contributed by atoms with Crippen LogP contribution in [0.25, 0.3) is 0 Å². The van der Waals surface area contributed by atoms with Gasteiger partial charge >= 0.3 is 0 Å². The minimum Gasteiger partial charge on any atom is -0.497 e. The first kappa shape index (κ1) is 13.4. The fourth-order valence-electron chi connectivity index (χ4n) is 1.52. The second-order valence-electron chi connectivity index (χ2n) is 3.74. The molecule has 19 heavy (non-hydrogen) atoms. The summed E-state index contributed by atoms with van der Waals surface area (Å²) >= 11 is 5.86. The maximum absolute atomic E-state index is 5.86. The highest BCUT2D eigenvalue weighted by atomic mass is 35.5. The van der Waals surface area contributed by atoms with Gasteiger partial charge < -0.3 is 15.0 Å². The fourth-order valence-corrected chi connectivity index (χ4v) is 1.68. The molecule has 0 bridgehead atoms. The first-order valence-electron chi connectivity index (χ1n) is 5.61. The Kier molecular flexibility index (Phi) is 4.01. The molecule has 2 aromatic rings. The van der Waals surface area contributed by atoms with E-state index in [1.807, 2.05) is 36.2 Å². The smallest absolute Gasteiger partial charge is 0.235 e. The van der Waals surface area contributed by atoms with Crippen molar-refractivity contribution in [2.45, 2.75) is 0 Å². The van der Waals surface area contributed by atoms with Crippen LogP contribution in [0.5, 0.6) is 5.75 Å². The van der Waals surface area contributed by atoms with Gasteiger partial charge in [0.05, 0.1) is 7.11 Å². The summed E-state index contributed by atoms with van der Waals surface area (Å²) in [5.41, 5.74) is 0.921. The molecule has 0 radical (unpaired) electrons. The second kappa shape index (κ2) is 5.71. The maximum atomic E-state index is 5.86. The van der Waals surface area contributed by atoms with Crippen LogP contribution in [-0.4, -0.2) is 36.2 Å². The Balaban J connectivity index is 2.31. The molecule has 1 N–H and O–H groups in total. The minimum atomic E-state index is 0.148. The van der Waals surface area contributed by atoms with Crippen LogP contribution in [0, 0.1) is 0 Å². The highest BCUT2D eigenvalue weighted by Gasteiger charge is 2.10. The van der Waals surface area contributed by atoms with Crippen molar-refractivity contribution in [2.75, 3.05) is 31.4 Å². The van der Waals surface area contributed by atoms with Gasteiger partial charge in [0.1, 0.15) is 5.75 Å². The zero-order chi connectivity index (χ0) is 13.8. The SMILES string of the molecule is CNc1nc(Cl)nc(N(C)c2ccc(OC)cc2)n1. The molecule has 0 saturated carbocycles. The average molecular weight is 280 g/mol. The van der Waals surface area contributed by atoms with Crippen LogP contribution >= 0.6 is 11.6 Å². The first-order chi connectivity index (χ1) is 9.13. The lowest BCUT2D eigenvalue weighted by atomic mass is 10.3. The fraction of sp³-hybridized carbons (Fsp3) is 0.250. The van der Waals surface area contributed by atoms with Gasteiger partial charge in [0.2, 0.25) is 17.2 Å². The number of hydrogen-bond acceptors (Lipinski definition) is 6. The molecule has 0 fully saturated rings. The van der Waals surface area contributed by atoms with Gasteiger partial charge in [0.25, 0.3) is 0 Å². The molecule has 1 aromatic heterocycles. The molecular formula is C12H14ClN5O. The normalized spacial score (nSPS) is 10.1. The largest absolute Gasteiger partial charge is 0.497 e. The molecule has 2 rings (SSSR count). The Morgan fingerprint density at radius 3 is 2.42 bits per heavy atom. The summed E-state index contributed by atoms with van der Waals surface area (Å²) in [5.74, 6) is 1.69. The molecule has 6 nitrogen and oxygen atoms in total. The topological polar surface area (TPSA) is 63.2 Å². The molecule has 0 aliphatic carbocycles. The number of rotatable bonds is 4. The van der Waals surface area contributed by atoms with Crippen molar-refractivity contribution in [1.82, 2.24) is 15.0 Å². The Bertz CT molecular complexity index is 561. The van der Waals surface area contributed by atoms with Crippen molar-refractivity contribution in [3.63, 3.8) is 0 Å². The molecule has 0 aliphatic heterocycles. The molecule has 100 valence electrons. The summed E-state index contributed by atoms with van der Waals surface area (Å²) in [6, 6.07) is 7.56. The first-order valence-corrected chi connectivity index (χ1v) is 5.99. The maximum Gasteiger partial charge on any atom is 0.235 e. The zero-order valence-electron chi connectivity index (χ0n) is 10.9. The Labute approximate surface area is 116 Å². The van der Waals surface area contributed by atoms with Gasteiger partial charge in [-0.3, -0.25) is 0 Å². The van der Waals surface area contributed by atoms with Crippen LogP contribution in [0.3, 0.4) is 0 Å².